The highest BCUT2D eigenvalue weighted by atomic mass is 19.1. The molecule has 0 N–H and O–H groups in total. The fourth-order valence-electron chi connectivity index (χ4n) is 3.35. The molecule has 0 aliphatic carbocycles. The molecule has 1 saturated heterocycles. The number of amides is 1. The van der Waals surface area contributed by atoms with E-state index in [1.165, 1.54) is 12.1 Å². The van der Waals surface area contributed by atoms with Crippen molar-refractivity contribution in [2.24, 2.45) is 0 Å². The molecule has 1 heterocycles. The van der Waals surface area contributed by atoms with E-state index in [0.717, 1.165) is 41.8 Å². The van der Waals surface area contributed by atoms with Crippen molar-refractivity contribution in [1.29, 1.82) is 0 Å². The second-order valence-electron chi connectivity index (χ2n) is 6.66. The molecule has 0 bridgehead atoms. The minimum atomic E-state index is -0.249. The maximum absolute atomic E-state index is 13.1. The number of aryl methyl sites for hydroxylation is 2. The molecule has 0 spiro atoms. The largest absolute Gasteiger partial charge is 0.493 e. The summed E-state index contributed by atoms with van der Waals surface area (Å²) in [5.41, 5.74) is 3.22. The fraction of sp³-hybridized carbons (Fsp3) is 0.381. The molecule has 0 saturated carbocycles. The lowest BCUT2D eigenvalue weighted by Crippen LogP contribution is -2.31. The lowest BCUT2D eigenvalue weighted by Gasteiger charge is -2.25. The van der Waals surface area contributed by atoms with E-state index in [-0.39, 0.29) is 17.8 Å². The Kier molecular flexibility index (Phi) is 5.37. The van der Waals surface area contributed by atoms with Crippen LogP contribution < -0.4 is 4.74 Å². The van der Waals surface area contributed by atoms with E-state index >= 15 is 0 Å². The Morgan fingerprint density at radius 2 is 1.96 bits per heavy atom. The molecular formula is C21H24FNO2. The third-order valence-electron chi connectivity index (χ3n) is 4.75. The molecule has 1 aliphatic heterocycles. The SMILES string of the molecule is Cc1ccc(C)c(OCCC(=O)N2CCCC2c2ccc(F)cc2)c1. The van der Waals surface area contributed by atoms with E-state index < -0.39 is 0 Å². The van der Waals surface area contributed by atoms with Gasteiger partial charge < -0.3 is 9.64 Å². The molecule has 1 amide bonds. The van der Waals surface area contributed by atoms with Crippen molar-refractivity contribution in [3.63, 3.8) is 0 Å². The van der Waals surface area contributed by atoms with Crippen LogP contribution in [0.15, 0.2) is 42.5 Å². The Bertz CT molecular complexity index is 742. The van der Waals surface area contributed by atoms with Crippen LogP contribution in [0.2, 0.25) is 0 Å². The first-order chi connectivity index (χ1) is 12.0. The predicted octanol–water partition coefficient (Wildman–Crippen LogP) is 4.58. The molecule has 1 atom stereocenters. The monoisotopic (exact) mass is 341 g/mol. The van der Waals surface area contributed by atoms with Crippen molar-refractivity contribution < 1.29 is 13.9 Å². The number of benzene rings is 2. The molecule has 2 aromatic rings. The minimum absolute atomic E-state index is 0.0498. The molecular weight excluding hydrogens is 317 g/mol. The second kappa shape index (κ2) is 7.68. The van der Waals surface area contributed by atoms with E-state index in [1.54, 1.807) is 12.1 Å². The lowest BCUT2D eigenvalue weighted by molar-refractivity contribution is -0.132. The topological polar surface area (TPSA) is 29.5 Å². The summed E-state index contributed by atoms with van der Waals surface area (Å²) in [6.07, 6.45) is 2.26. The fourth-order valence-corrected chi connectivity index (χ4v) is 3.35. The predicted molar refractivity (Wildman–Crippen MR) is 96.1 cm³/mol. The van der Waals surface area contributed by atoms with Crippen LogP contribution in [0.25, 0.3) is 0 Å². The van der Waals surface area contributed by atoms with Gasteiger partial charge in [0, 0.05) is 6.54 Å². The van der Waals surface area contributed by atoms with Gasteiger partial charge in [-0.25, -0.2) is 4.39 Å². The third-order valence-corrected chi connectivity index (χ3v) is 4.75. The normalized spacial score (nSPS) is 16.9. The van der Waals surface area contributed by atoms with Crippen LogP contribution >= 0.6 is 0 Å². The summed E-state index contributed by atoms with van der Waals surface area (Å²) >= 11 is 0. The molecule has 1 fully saturated rings. The lowest BCUT2D eigenvalue weighted by atomic mass is 10.0. The number of hydrogen-bond donors (Lipinski definition) is 0. The van der Waals surface area contributed by atoms with E-state index in [9.17, 15) is 9.18 Å². The van der Waals surface area contributed by atoms with Crippen molar-refractivity contribution >= 4 is 5.91 Å². The average molecular weight is 341 g/mol. The zero-order valence-corrected chi connectivity index (χ0v) is 14.8. The van der Waals surface area contributed by atoms with Crippen molar-refractivity contribution in [2.75, 3.05) is 13.2 Å². The molecule has 25 heavy (non-hydrogen) atoms. The number of carbonyl (C=O) groups is 1. The first-order valence-electron chi connectivity index (χ1n) is 8.79. The van der Waals surface area contributed by atoms with Crippen LogP contribution in [0.5, 0.6) is 5.75 Å². The zero-order chi connectivity index (χ0) is 17.8. The average Bonchev–Trinajstić information content (AvgIpc) is 3.08. The summed E-state index contributed by atoms with van der Waals surface area (Å²) in [6, 6.07) is 12.6. The Morgan fingerprint density at radius 3 is 2.72 bits per heavy atom. The first-order valence-corrected chi connectivity index (χ1v) is 8.79. The van der Waals surface area contributed by atoms with E-state index in [0.29, 0.717) is 13.0 Å². The van der Waals surface area contributed by atoms with Crippen molar-refractivity contribution in [2.45, 2.75) is 39.2 Å². The molecule has 3 rings (SSSR count). The van der Waals surface area contributed by atoms with Gasteiger partial charge in [-0.2, -0.15) is 0 Å². The van der Waals surface area contributed by atoms with E-state index in [1.807, 2.05) is 36.9 Å². The summed E-state index contributed by atoms with van der Waals surface area (Å²) < 4.78 is 18.9. The number of hydrogen-bond acceptors (Lipinski definition) is 2. The Labute approximate surface area is 148 Å². The Morgan fingerprint density at radius 1 is 1.20 bits per heavy atom. The van der Waals surface area contributed by atoms with E-state index in [4.69, 9.17) is 4.74 Å². The molecule has 2 aromatic carbocycles. The van der Waals surface area contributed by atoms with Crippen LogP contribution in [0.3, 0.4) is 0 Å². The highest BCUT2D eigenvalue weighted by Crippen LogP contribution is 2.32. The van der Waals surface area contributed by atoms with Gasteiger partial charge in [0.25, 0.3) is 0 Å². The number of halogens is 1. The Balaban J connectivity index is 1.58. The van der Waals surface area contributed by atoms with Crippen molar-refractivity contribution in [3.8, 4) is 5.75 Å². The van der Waals surface area contributed by atoms with Crippen LogP contribution in [-0.4, -0.2) is 24.0 Å². The zero-order valence-electron chi connectivity index (χ0n) is 14.8. The number of carbonyl (C=O) groups excluding carboxylic acids is 1. The standard InChI is InChI=1S/C21H24FNO2/c1-15-5-6-16(2)20(14-15)25-13-11-21(24)23-12-3-4-19(23)17-7-9-18(22)10-8-17/h5-10,14,19H,3-4,11-13H2,1-2H3. The third kappa shape index (κ3) is 4.19. The second-order valence-corrected chi connectivity index (χ2v) is 6.66. The van der Waals surface area contributed by atoms with E-state index in [2.05, 4.69) is 0 Å². The van der Waals surface area contributed by atoms with Gasteiger partial charge in [0.2, 0.25) is 5.91 Å². The summed E-state index contributed by atoms with van der Waals surface area (Å²) in [5.74, 6) is 0.683. The Hall–Kier alpha value is -2.36. The van der Waals surface area contributed by atoms with Crippen molar-refractivity contribution in [3.05, 3.63) is 65.0 Å². The number of nitrogens with zero attached hydrogens (tertiary/aromatic N) is 1. The number of likely N-dealkylation sites (tertiary alicyclic amines) is 1. The molecule has 1 unspecified atom stereocenters. The highest BCUT2D eigenvalue weighted by molar-refractivity contribution is 5.77. The van der Waals surface area contributed by atoms with Gasteiger partial charge >= 0.3 is 0 Å². The molecule has 1 aliphatic rings. The van der Waals surface area contributed by atoms with Gasteiger partial charge in [0.1, 0.15) is 11.6 Å². The van der Waals surface area contributed by atoms with Gasteiger partial charge in [-0.05, 0) is 61.6 Å². The molecule has 0 aromatic heterocycles. The minimum Gasteiger partial charge on any atom is -0.493 e. The molecule has 132 valence electrons. The number of rotatable bonds is 5. The molecule has 0 radical (unpaired) electrons. The van der Waals surface area contributed by atoms with Crippen LogP contribution in [0.1, 0.15) is 42.0 Å². The van der Waals surface area contributed by atoms with Crippen LogP contribution in [0, 0.1) is 19.7 Å². The first kappa shape index (κ1) is 17.5. The summed E-state index contributed by atoms with van der Waals surface area (Å²) in [5, 5.41) is 0. The maximum atomic E-state index is 13.1. The van der Waals surface area contributed by atoms with Crippen molar-refractivity contribution in [1.82, 2.24) is 4.90 Å². The van der Waals surface area contributed by atoms with Crippen LogP contribution in [0.4, 0.5) is 4.39 Å². The summed E-state index contributed by atoms with van der Waals surface area (Å²) in [4.78, 5) is 14.5. The quantitative estimate of drug-likeness (QED) is 0.797. The van der Waals surface area contributed by atoms with Gasteiger partial charge in [-0.1, -0.05) is 24.3 Å². The summed E-state index contributed by atoms with van der Waals surface area (Å²) in [7, 11) is 0. The maximum Gasteiger partial charge on any atom is 0.226 e. The smallest absolute Gasteiger partial charge is 0.226 e. The van der Waals surface area contributed by atoms with Gasteiger partial charge in [-0.15, -0.1) is 0 Å². The molecule has 4 heteroatoms. The van der Waals surface area contributed by atoms with Gasteiger partial charge in [-0.3, -0.25) is 4.79 Å². The summed E-state index contributed by atoms with van der Waals surface area (Å²) in [6.45, 7) is 5.15. The highest BCUT2D eigenvalue weighted by Gasteiger charge is 2.29. The number of ether oxygens (including phenoxy) is 1. The van der Waals surface area contributed by atoms with Gasteiger partial charge in [0.15, 0.2) is 0 Å². The molecule has 3 nitrogen and oxygen atoms in total. The van der Waals surface area contributed by atoms with Gasteiger partial charge in [0.05, 0.1) is 19.1 Å². The van der Waals surface area contributed by atoms with Crippen LogP contribution in [-0.2, 0) is 4.79 Å².